The van der Waals surface area contributed by atoms with Gasteiger partial charge in [-0.05, 0) is 16.8 Å². The van der Waals surface area contributed by atoms with Crippen molar-refractivity contribution >= 4 is 11.3 Å². The summed E-state index contributed by atoms with van der Waals surface area (Å²) in [4.78, 5) is 3.46. The maximum absolute atomic E-state index is 2.31. The number of likely N-dealkylation sites (N-methyl/N-ethyl adjacent to an activating group) is 1. The molecule has 2 N–H and O–H groups in total. The fraction of sp³-hybridized carbons (Fsp3) is 0.636. The van der Waals surface area contributed by atoms with E-state index in [-0.39, 0.29) is 0 Å². The Morgan fingerprint density at radius 2 is 2.21 bits per heavy atom. The highest BCUT2D eigenvalue weighted by molar-refractivity contribution is 7.07. The molecule has 2 nitrogen and oxygen atoms in total. The van der Waals surface area contributed by atoms with Crippen LogP contribution in [0.25, 0.3) is 0 Å². The standard InChI is InChI=1S/C11H18N2S/c1-12-4-2-5-13(7-6-12)9-11-3-8-14-10-11/h3,8,10H,2,4-7,9H2,1H3/p+2. The third-order valence-electron chi connectivity index (χ3n) is 3.07. The molecule has 0 aromatic carbocycles. The van der Waals surface area contributed by atoms with E-state index in [1.807, 2.05) is 11.3 Å². The average molecular weight is 212 g/mol. The van der Waals surface area contributed by atoms with Crippen molar-refractivity contribution in [2.45, 2.75) is 13.0 Å². The van der Waals surface area contributed by atoms with Crippen molar-refractivity contribution in [2.75, 3.05) is 33.2 Å². The molecular formula is C11H20N2S+2. The van der Waals surface area contributed by atoms with Gasteiger partial charge in [-0.3, -0.25) is 0 Å². The van der Waals surface area contributed by atoms with Crippen LogP contribution in [0.2, 0.25) is 0 Å². The van der Waals surface area contributed by atoms with Gasteiger partial charge >= 0.3 is 0 Å². The summed E-state index contributed by atoms with van der Waals surface area (Å²) in [5.41, 5.74) is 1.52. The van der Waals surface area contributed by atoms with Crippen LogP contribution in [0, 0.1) is 0 Å². The molecule has 78 valence electrons. The summed E-state index contributed by atoms with van der Waals surface area (Å²) in [6.07, 6.45) is 1.38. The number of hydrogen-bond acceptors (Lipinski definition) is 1. The van der Waals surface area contributed by atoms with Crippen molar-refractivity contribution in [1.82, 2.24) is 0 Å². The van der Waals surface area contributed by atoms with Crippen molar-refractivity contribution < 1.29 is 9.80 Å². The lowest BCUT2D eigenvalue weighted by molar-refractivity contribution is -0.938. The molecule has 1 aromatic rings. The van der Waals surface area contributed by atoms with Gasteiger partial charge in [0.2, 0.25) is 0 Å². The first-order valence-corrected chi connectivity index (χ1v) is 6.45. The summed E-state index contributed by atoms with van der Waals surface area (Å²) in [6.45, 7) is 6.61. The quantitative estimate of drug-likeness (QED) is 0.626. The van der Waals surface area contributed by atoms with Gasteiger partial charge in [-0.1, -0.05) is 0 Å². The Bertz CT molecular complexity index is 258. The lowest BCUT2D eigenvalue weighted by Crippen LogP contribution is -3.15. The summed E-state index contributed by atoms with van der Waals surface area (Å²) in [5, 5.41) is 4.47. The Balaban J connectivity index is 1.86. The fourth-order valence-corrected chi connectivity index (χ4v) is 2.81. The molecule has 0 amide bonds. The molecule has 14 heavy (non-hydrogen) atoms. The van der Waals surface area contributed by atoms with Gasteiger partial charge in [0.05, 0.1) is 20.1 Å². The van der Waals surface area contributed by atoms with Crippen molar-refractivity contribution in [3.8, 4) is 0 Å². The largest absolute Gasteiger partial charge is 0.333 e. The van der Waals surface area contributed by atoms with Gasteiger partial charge in [-0.2, -0.15) is 11.3 Å². The van der Waals surface area contributed by atoms with Crippen molar-refractivity contribution in [2.24, 2.45) is 0 Å². The molecule has 1 aliphatic heterocycles. The smallest absolute Gasteiger partial charge is 0.127 e. The van der Waals surface area contributed by atoms with Gasteiger partial charge in [0.25, 0.3) is 0 Å². The molecule has 1 saturated heterocycles. The van der Waals surface area contributed by atoms with E-state index in [1.165, 1.54) is 44.7 Å². The van der Waals surface area contributed by atoms with Crippen LogP contribution in [0.1, 0.15) is 12.0 Å². The van der Waals surface area contributed by atoms with Crippen LogP contribution in [-0.4, -0.2) is 33.2 Å². The second-order valence-corrected chi connectivity index (χ2v) is 5.15. The molecule has 1 aliphatic rings. The van der Waals surface area contributed by atoms with Crippen LogP contribution in [0.15, 0.2) is 16.8 Å². The monoisotopic (exact) mass is 212 g/mol. The average Bonchev–Trinajstić information content (AvgIpc) is 2.58. The van der Waals surface area contributed by atoms with E-state index in [0.29, 0.717) is 0 Å². The third-order valence-corrected chi connectivity index (χ3v) is 3.81. The van der Waals surface area contributed by atoms with E-state index >= 15 is 0 Å². The predicted molar refractivity (Wildman–Crippen MR) is 60.0 cm³/mol. The summed E-state index contributed by atoms with van der Waals surface area (Å²) in [7, 11) is 2.31. The molecule has 3 heteroatoms. The Morgan fingerprint density at radius 1 is 1.29 bits per heavy atom. The van der Waals surface area contributed by atoms with E-state index in [1.54, 1.807) is 9.80 Å². The molecule has 0 saturated carbocycles. The molecular weight excluding hydrogens is 192 g/mol. The molecule has 0 bridgehead atoms. The minimum atomic E-state index is 1.23. The van der Waals surface area contributed by atoms with Crippen LogP contribution in [-0.2, 0) is 6.54 Å². The second kappa shape index (κ2) is 4.91. The Kier molecular flexibility index (Phi) is 3.56. The van der Waals surface area contributed by atoms with Crippen LogP contribution < -0.4 is 9.80 Å². The van der Waals surface area contributed by atoms with Gasteiger partial charge in [-0.15, -0.1) is 0 Å². The summed E-state index contributed by atoms with van der Waals surface area (Å²) in [5.74, 6) is 0. The molecule has 0 spiro atoms. The Hall–Kier alpha value is -0.380. The normalized spacial score (nSPS) is 28.6. The zero-order valence-electron chi connectivity index (χ0n) is 8.88. The minimum absolute atomic E-state index is 1.23. The van der Waals surface area contributed by atoms with Crippen molar-refractivity contribution in [3.63, 3.8) is 0 Å². The summed E-state index contributed by atoms with van der Waals surface area (Å²) in [6, 6.07) is 2.26. The van der Waals surface area contributed by atoms with Crippen LogP contribution in [0.5, 0.6) is 0 Å². The molecule has 1 aromatic heterocycles. The molecule has 2 atom stereocenters. The van der Waals surface area contributed by atoms with E-state index in [2.05, 4.69) is 23.9 Å². The van der Waals surface area contributed by atoms with Gasteiger partial charge in [0.1, 0.15) is 19.6 Å². The van der Waals surface area contributed by atoms with E-state index in [9.17, 15) is 0 Å². The molecule has 2 rings (SSSR count). The predicted octanol–water partition coefficient (Wildman–Crippen LogP) is -0.949. The van der Waals surface area contributed by atoms with Crippen LogP contribution in [0.4, 0.5) is 0 Å². The number of hydrogen-bond donors (Lipinski definition) is 2. The second-order valence-electron chi connectivity index (χ2n) is 4.37. The van der Waals surface area contributed by atoms with Gasteiger partial charge in [0.15, 0.2) is 0 Å². The lowest BCUT2D eigenvalue weighted by atomic mass is 10.3. The summed E-state index contributed by atoms with van der Waals surface area (Å²) >= 11 is 1.82. The van der Waals surface area contributed by atoms with Crippen LogP contribution >= 0.6 is 11.3 Å². The molecule has 2 unspecified atom stereocenters. The highest BCUT2D eigenvalue weighted by Gasteiger charge is 2.17. The van der Waals surface area contributed by atoms with Crippen LogP contribution in [0.3, 0.4) is 0 Å². The number of rotatable bonds is 2. The highest BCUT2D eigenvalue weighted by atomic mass is 32.1. The highest BCUT2D eigenvalue weighted by Crippen LogP contribution is 2.03. The zero-order chi connectivity index (χ0) is 9.80. The minimum Gasteiger partial charge on any atom is -0.333 e. The molecule has 2 heterocycles. The fourth-order valence-electron chi connectivity index (χ4n) is 2.14. The zero-order valence-corrected chi connectivity index (χ0v) is 9.70. The topological polar surface area (TPSA) is 8.88 Å². The first-order chi connectivity index (χ1) is 6.84. The Morgan fingerprint density at radius 3 is 3.00 bits per heavy atom. The third kappa shape index (κ3) is 2.80. The number of nitrogens with one attached hydrogen (secondary N) is 2. The van der Waals surface area contributed by atoms with Gasteiger partial charge in [-0.25, -0.2) is 0 Å². The first kappa shape index (κ1) is 10.1. The maximum Gasteiger partial charge on any atom is 0.127 e. The summed E-state index contributed by atoms with van der Waals surface area (Å²) < 4.78 is 0. The lowest BCUT2D eigenvalue weighted by Gasteiger charge is -2.15. The first-order valence-electron chi connectivity index (χ1n) is 5.50. The number of thiophene rings is 1. The van der Waals surface area contributed by atoms with E-state index < -0.39 is 0 Å². The van der Waals surface area contributed by atoms with E-state index in [0.717, 1.165) is 0 Å². The number of quaternary nitrogens is 2. The molecule has 0 aliphatic carbocycles. The molecule has 0 radical (unpaired) electrons. The maximum atomic E-state index is 2.31. The Labute approximate surface area is 90.1 Å². The van der Waals surface area contributed by atoms with Gasteiger partial charge in [0, 0.05) is 12.0 Å². The van der Waals surface area contributed by atoms with Crippen molar-refractivity contribution in [3.05, 3.63) is 22.4 Å². The van der Waals surface area contributed by atoms with Gasteiger partial charge < -0.3 is 9.80 Å². The van der Waals surface area contributed by atoms with Crippen molar-refractivity contribution in [1.29, 1.82) is 0 Å². The van der Waals surface area contributed by atoms with E-state index in [4.69, 9.17) is 0 Å². The SMILES string of the molecule is C[NH+]1CCC[NH+](Cc2ccsc2)CC1. The molecule has 1 fully saturated rings.